The van der Waals surface area contributed by atoms with Crippen LogP contribution in [0.15, 0.2) is 12.1 Å². The molecule has 0 spiro atoms. The number of fused-ring (bicyclic) bond motifs is 1. The number of aliphatic carboxylic acids is 1. The zero-order valence-electron chi connectivity index (χ0n) is 11.2. The van der Waals surface area contributed by atoms with Crippen molar-refractivity contribution in [1.82, 2.24) is 0 Å². The van der Waals surface area contributed by atoms with Crippen molar-refractivity contribution in [2.75, 3.05) is 6.79 Å². The van der Waals surface area contributed by atoms with Gasteiger partial charge in [0.15, 0.2) is 11.5 Å². The number of carbonyl (C=O) groups is 1. The number of nitrogens with two attached hydrogens (primary N) is 1. The molecule has 1 unspecified atom stereocenters. The Morgan fingerprint density at radius 2 is 2.16 bits per heavy atom. The predicted molar refractivity (Wildman–Crippen MR) is 70.5 cm³/mol. The topological polar surface area (TPSA) is 81.8 Å². The highest BCUT2D eigenvalue weighted by Crippen LogP contribution is 2.43. The molecule has 1 aromatic rings. The van der Waals surface area contributed by atoms with Gasteiger partial charge in [-0.15, -0.1) is 0 Å². The van der Waals surface area contributed by atoms with Crippen molar-refractivity contribution in [3.8, 4) is 11.5 Å². The Morgan fingerprint density at radius 3 is 2.79 bits per heavy atom. The molecule has 1 aliphatic heterocycles. The zero-order valence-corrected chi connectivity index (χ0v) is 11.2. The summed E-state index contributed by atoms with van der Waals surface area (Å²) < 4.78 is 10.9. The van der Waals surface area contributed by atoms with E-state index in [0.29, 0.717) is 6.42 Å². The van der Waals surface area contributed by atoms with Gasteiger partial charge in [0.25, 0.3) is 0 Å². The molecule has 1 atom stereocenters. The van der Waals surface area contributed by atoms with E-state index in [0.717, 1.165) is 22.6 Å². The Hall–Kier alpha value is -1.75. The Bertz CT molecular complexity index is 485. The SMILES string of the molecule is CC(C)c1c(C(N)CCC(=O)O)ccc2c1OCO2. The van der Waals surface area contributed by atoms with Gasteiger partial charge in [-0.05, 0) is 24.0 Å². The second-order valence-electron chi connectivity index (χ2n) is 5.00. The smallest absolute Gasteiger partial charge is 0.303 e. The fourth-order valence-corrected chi connectivity index (χ4v) is 2.36. The minimum absolute atomic E-state index is 0.0626. The number of carboxylic acid groups (broad SMARTS) is 1. The van der Waals surface area contributed by atoms with Gasteiger partial charge in [-0.2, -0.15) is 0 Å². The third-order valence-corrected chi connectivity index (χ3v) is 3.26. The first-order valence-electron chi connectivity index (χ1n) is 6.40. The summed E-state index contributed by atoms with van der Waals surface area (Å²) in [5, 5.41) is 8.74. The maximum absolute atomic E-state index is 10.6. The maximum Gasteiger partial charge on any atom is 0.303 e. The standard InChI is InChI=1S/C14H19NO4/c1-8(2)13-9(10(15)4-6-12(16)17)3-5-11-14(13)19-7-18-11/h3,5,8,10H,4,6-7,15H2,1-2H3,(H,16,17). The van der Waals surface area contributed by atoms with Crippen LogP contribution in [-0.4, -0.2) is 17.9 Å². The van der Waals surface area contributed by atoms with Gasteiger partial charge in [0.2, 0.25) is 6.79 Å². The second-order valence-corrected chi connectivity index (χ2v) is 5.00. The Labute approximate surface area is 112 Å². The first-order valence-corrected chi connectivity index (χ1v) is 6.40. The van der Waals surface area contributed by atoms with E-state index in [-0.39, 0.29) is 25.2 Å². The molecule has 1 heterocycles. The van der Waals surface area contributed by atoms with E-state index in [4.69, 9.17) is 20.3 Å². The normalized spacial score (nSPS) is 14.7. The van der Waals surface area contributed by atoms with E-state index in [2.05, 4.69) is 13.8 Å². The quantitative estimate of drug-likeness (QED) is 0.854. The average molecular weight is 265 g/mol. The number of benzene rings is 1. The van der Waals surface area contributed by atoms with E-state index >= 15 is 0 Å². The van der Waals surface area contributed by atoms with Gasteiger partial charge in [-0.1, -0.05) is 19.9 Å². The van der Waals surface area contributed by atoms with E-state index in [9.17, 15) is 4.79 Å². The summed E-state index contributed by atoms with van der Waals surface area (Å²) in [6, 6.07) is 3.45. The molecule has 3 N–H and O–H groups in total. The van der Waals surface area contributed by atoms with Gasteiger partial charge >= 0.3 is 5.97 Å². The largest absolute Gasteiger partial charge is 0.481 e. The number of hydrogen-bond donors (Lipinski definition) is 2. The molecular weight excluding hydrogens is 246 g/mol. The number of hydrogen-bond acceptors (Lipinski definition) is 4. The molecule has 0 radical (unpaired) electrons. The van der Waals surface area contributed by atoms with Gasteiger partial charge in [-0.25, -0.2) is 0 Å². The highest BCUT2D eigenvalue weighted by Gasteiger charge is 2.25. The van der Waals surface area contributed by atoms with Gasteiger partial charge < -0.3 is 20.3 Å². The van der Waals surface area contributed by atoms with Crippen molar-refractivity contribution >= 4 is 5.97 Å². The predicted octanol–water partition coefficient (Wildman–Crippen LogP) is 2.40. The first-order chi connectivity index (χ1) is 9.00. The van der Waals surface area contributed by atoms with Crippen molar-refractivity contribution < 1.29 is 19.4 Å². The third kappa shape index (κ3) is 2.81. The lowest BCUT2D eigenvalue weighted by Gasteiger charge is -2.20. The number of rotatable bonds is 5. The molecule has 5 nitrogen and oxygen atoms in total. The van der Waals surface area contributed by atoms with Crippen LogP contribution < -0.4 is 15.2 Å². The van der Waals surface area contributed by atoms with Gasteiger partial charge in [0.1, 0.15) is 0 Å². The van der Waals surface area contributed by atoms with Gasteiger partial charge in [0, 0.05) is 18.0 Å². The highest BCUT2D eigenvalue weighted by atomic mass is 16.7. The monoisotopic (exact) mass is 265 g/mol. The molecule has 104 valence electrons. The molecule has 0 fully saturated rings. The molecule has 0 amide bonds. The van der Waals surface area contributed by atoms with Crippen molar-refractivity contribution in [2.24, 2.45) is 5.73 Å². The minimum Gasteiger partial charge on any atom is -0.481 e. The van der Waals surface area contributed by atoms with E-state index < -0.39 is 5.97 Å². The first kappa shape index (κ1) is 13.7. The van der Waals surface area contributed by atoms with Gasteiger partial charge in [-0.3, -0.25) is 4.79 Å². The fraction of sp³-hybridized carbons (Fsp3) is 0.500. The molecule has 0 aliphatic carbocycles. The van der Waals surface area contributed by atoms with Crippen molar-refractivity contribution in [3.05, 3.63) is 23.3 Å². The zero-order chi connectivity index (χ0) is 14.0. The molecule has 5 heteroatoms. The van der Waals surface area contributed by atoms with Crippen LogP contribution in [0, 0.1) is 0 Å². The van der Waals surface area contributed by atoms with E-state index in [1.165, 1.54) is 0 Å². The van der Waals surface area contributed by atoms with E-state index in [1.807, 2.05) is 12.1 Å². The van der Waals surface area contributed by atoms with Crippen LogP contribution >= 0.6 is 0 Å². The molecular formula is C14H19NO4. The summed E-state index contributed by atoms with van der Waals surface area (Å²) in [4.78, 5) is 10.6. The highest BCUT2D eigenvalue weighted by molar-refractivity contribution is 5.66. The lowest BCUT2D eigenvalue weighted by molar-refractivity contribution is -0.137. The van der Waals surface area contributed by atoms with Gasteiger partial charge in [0.05, 0.1) is 0 Å². The Balaban J connectivity index is 2.32. The van der Waals surface area contributed by atoms with E-state index in [1.54, 1.807) is 0 Å². The summed E-state index contributed by atoms with van der Waals surface area (Å²) in [7, 11) is 0. The van der Waals surface area contributed by atoms with Crippen LogP contribution in [0.1, 0.15) is 49.8 Å². The Kier molecular flexibility index (Phi) is 3.95. The molecule has 19 heavy (non-hydrogen) atoms. The maximum atomic E-state index is 10.6. The molecule has 1 aromatic carbocycles. The fourth-order valence-electron chi connectivity index (χ4n) is 2.36. The summed E-state index contributed by atoms with van der Waals surface area (Å²) in [6.07, 6.45) is 0.474. The molecule has 0 aromatic heterocycles. The second kappa shape index (κ2) is 5.48. The summed E-state index contributed by atoms with van der Waals surface area (Å²) in [5.74, 6) is 0.890. The summed E-state index contributed by atoms with van der Waals surface area (Å²) >= 11 is 0. The average Bonchev–Trinajstić information content (AvgIpc) is 2.82. The van der Waals surface area contributed by atoms with Crippen molar-refractivity contribution in [2.45, 2.75) is 38.6 Å². The molecule has 1 aliphatic rings. The summed E-state index contributed by atoms with van der Waals surface area (Å²) in [5.41, 5.74) is 8.08. The number of carboxylic acids is 1. The van der Waals surface area contributed by atoms with Crippen LogP contribution in [0.3, 0.4) is 0 Å². The summed E-state index contributed by atoms with van der Waals surface area (Å²) in [6.45, 7) is 4.35. The Morgan fingerprint density at radius 1 is 1.42 bits per heavy atom. The lowest BCUT2D eigenvalue weighted by Crippen LogP contribution is -2.15. The number of ether oxygens (including phenoxy) is 2. The van der Waals surface area contributed by atoms with Crippen LogP contribution in [-0.2, 0) is 4.79 Å². The van der Waals surface area contributed by atoms with Crippen LogP contribution in [0.5, 0.6) is 11.5 Å². The molecule has 0 saturated heterocycles. The van der Waals surface area contributed by atoms with Crippen molar-refractivity contribution in [3.63, 3.8) is 0 Å². The minimum atomic E-state index is -0.831. The van der Waals surface area contributed by atoms with Crippen LogP contribution in [0.4, 0.5) is 0 Å². The van der Waals surface area contributed by atoms with Crippen LogP contribution in [0.25, 0.3) is 0 Å². The molecule has 0 bridgehead atoms. The third-order valence-electron chi connectivity index (χ3n) is 3.26. The lowest BCUT2D eigenvalue weighted by atomic mass is 9.90. The molecule has 0 saturated carbocycles. The molecule has 2 rings (SSSR count). The van der Waals surface area contributed by atoms with Crippen molar-refractivity contribution in [1.29, 1.82) is 0 Å². The van der Waals surface area contributed by atoms with Crippen LogP contribution in [0.2, 0.25) is 0 Å².